The molecule has 2 aliphatic rings. The Morgan fingerprint density at radius 3 is 2.76 bits per heavy atom. The lowest BCUT2D eigenvalue weighted by Gasteiger charge is -2.17. The quantitative estimate of drug-likeness (QED) is 0.825. The van der Waals surface area contributed by atoms with Crippen molar-refractivity contribution in [2.75, 3.05) is 19.6 Å². The van der Waals surface area contributed by atoms with Gasteiger partial charge in [-0.15, -0.1) is 0 Å². The van der Waals surface area contributed by atoms with Gasteiger partial charge in [-0.3, -0.25) is 4.79 Å². The Kier molecular flexibility index (Phi) is 4.56. The average Bonchev–Trinajstić information content (AvgIpc) is 3.25. The van der Waals surface area contributed by atoms with Crippen molar-refractivity contribution in [3.05, 3.63) is 35.9 Å². The molecule has 1 amide bonds. The third-order valence-corrected chi connectivity index (χ3v) is 4.58. The van der Waals surface area contributed by atoms with Gasteiger partial charge < -0.3 is 16.0 Å². The lowest BCUT2D eigenvalue weighted by molar-refractivity contribution is -0.122. The summed E-state index contributed by atoms with van der Waals surface area (Å²) in [6.07, 6.45) is 4.53. The lowest BCUT2D eigenvalue weighted by Crippen LogP contribution is -2.44. The van der Waals surface area contributed by atoms with Crippen molar-refractivity contribution in [2.24, 2.45) is 11.7 Å². The zero-order valence-corrected chi connectivity index (χ0v) is 12.5. The van der Waals surface area contributed by atoms with E-state index in [9.17, 15) is 4.79 Å². The number of nitrogens with zero attached hydrogens (tertiary/aromatic N) is 1. The van der Waals surface area contributed by atoms with E-state index in [1.54, 1.807) is 0 Å². The molecule has 1 saturated heterocycles. The summed E-state index contributed by atoms with van der Waals surface area (Å²) < 4.78 is 0. The maximum absolute atomic E-state index is 12.1. The number of carbonyl (C=O) groups is 1. The van der Waals surface area contributed by atoms with Gasteiger partial charge in [0.15, 0.2) is 0 Å². The maximum Gasteiger partial charge on any atom is 0.237 e. The van der Waals surface area contributed by atoms with E-state index in [1.807, 2.05) is 30.3 Å². The van der Waals surface area contributed by atoms with Crippen molar-refractivity contribution >= 4 is 5.91 Å². The zero-order valence-electron chi connectivity index (χ0n) is 12.5. The molecule has 1 saturated carbocycles. The minimum atomic E-state index is -0.451. The topological polar surface area (TPSA) is 58.4 Å². The van der Waals surface area contributed by atoms with Gasteiger partial charge in [-0.2, -0.15) is 0 Å². The molecule has 1 aromatic carbocycles. The third kappa shape index (κ3) is 4.05. The van der Waals surface area contributed by atoms with E-state index >= 15 is 0 Å². The van der Waals surface area contributed by atoms with Gasteiger partial charge in [-0.05, 0) is 43.7 Å². The summed E-state index contributed by atoms with van der Waals surface area (Å²) >= 11 is 0. The molecule has 1 aliphatic carbocycles. The first-order valence-electron chi connectivity index (χ1n) is 8.03. The summed E-state index contributed by atoms with van der Waals surface area (Å²) in [5, 5.41) is 3.03. The molecule has 114 valence electrons. The van der Waals surface area contributed by atoms with Crippen LogP contribution in [0.1, 0.15) is 24.8 Å². The Morgan fingerprint density at radius 1 is 1.29 bits per heavy atom. The Hall–Kier alpha value is -1.39. The van der Waals surface area contributed by atoms with Crippen LogP contribution < -0.4 is 11.1 Å². The Balaban J connectivity index is 1.39. The van der Waals surface area contributed by atoms with Crippen molar-refractivity contribution in [2.45, 2.75) is 37.8 Å². The zero-order chi connectivity index (χ0) is 14.7. The normalized spacial score (nSPS) is 24.0. The molecule has 3 rings (SSSR count). The Morgan fingerprint density at radius 2 is 2.05 bits per heavy atom. The van der Waals surface area contributed by atoms with Crippen molar-refractivity contribution in [1.29, 1.82) is 0 Å². The first-order chi connectivity index (χ1) is 10.2. The van der Waals surface area contributed by atoms with E-state index in [0.29, 0.717) is 12.3 Å². The summed E-state index contributed by atoms with van der Waals surface area (Å²) in [5.74, 6) is 0.571. The van der Waals surface area contributed by atoms with Crippen LogP contribution in [-0.2, 0) is 11.2 Å². The van der Waals surface area contributed by atoms with Gasteiger partial charge in [-0.25, -0.2) is 0 Å². The van der Waals surface area contributed by atoms with Crippen LogP contribution >= 0.6 is 0 Å². The van der Waals surface area contributed by atoms with E-state index in [1.165, 1.54) is 25.8 Å². The van der Waals surface area contributed by atoms with Crippen LogP contribution in [0.25, 0.3) is 0 Å². The molecule has 1 aromatic rings. The van der Waals surface area contributed by atoms with Gasteiger partial charge in [-0.1, -0.05) is 30.3 Å². The summed E-state index contributed by atoms with van der Waals surface area (Å²) in [6.45, 7) is 3.10. The fraction of sp³-hybridized carbons (Fsp3) is 0.588. The van der Waals surface area contributed by atoms with Gasteiger partial charge in [0.1, 0.15) is 0 Å². The van der Waals surface area contributed by atoms with Gasteiger partial charge in [0, 0.05) is 19.1 Å². The molecule has 0 radical (unpaired) electrons. The molecule has 21 heavy (non-hydrogen) atoms. The smallest absolute Gasteiger partial charge is 0.237 e. The first kappa shape index (κ1) is 14.5. The largest absolute Gasteiger partial charge is 0.354 e. The molecular weight excluding hydrogens is 262 g/mol. The molecule has 3 N–H and O–H groups in total. The molecule has 2 fully saturated rings. The van der Waals surface area contributed by atoms with E-state index < -0.39 is 6.04 Å². The Labute approximate surface area is 126 Å². The van der Waals surface area contributed by atoms with Crippen LogP contribution in [0.2, 0.25) is 0 Å². The predicted molar refractivity (Wildman–Crippen MR) is 83.8 cm³/mol. The third-order valence-electron chi connectivity index (χ3n) is 4.58. The summed E-state index contributed by atoms with van der Waals surface area (Å²) in [5.41, 5.74) is 7.11. The molecule has 2 atom stereocenters. The molecule has 0 spiro atoms. The lowest BCUT2D eigenvalue weighted by atomic mass is 10.1. The van der Waals surface area contributed by atoms with Crippen molar-refractivity contribution in [3.63, 3.8) is 0 Å². The second kappa shape index (κ2) is 6.58. The Bertz CT molecular complexity index is 472. The standard InChI is InChI=1S/C17H25N3O/c18-16(10-13-4-2-1-3-5-13)17(21)19-11-14-8-9-20(12-14)15-6-7-15/h1-5,14-16H,6-12,18H2,(H,19,21)/t14?,16-/m0/s1. The van der Waals surface area contributed by atoms with Gasteiger partial charge >= 0.3 is 0 Å². The molecule has 0 aromatic heterocycles. The summed E-state index contributed by atoms with van der Waals surface area (Å²) in [4.78, 5) is 14.7. The summed E-state index contributed by atoms with van der Waals surface area (Å²) in [7, 11) is 0. The van der Waals surface area contributed by atoms with Crippen molar-refractivity contribution in [1.82, 2.24) is 10.2 Å². The van der Waals surface area contributed by atoms with Crippen molar-refractivity contribution < 1.29 is 4.79 Å². The average molecular weight is 287 g/mol. The van der Waals surface area contributed by atoms with Gasteiger partial charge in [0.05, 0.1) is 6.04 Å². The van der Waals surface area contributed by atoms with E-state index in [0.717, 1.165) is 24.7 Å². The van der Waals surface area contributed by atoms with Gasteiger partial charge in [0.2, 0.25) is 5.91 Å². The number of hydrogen-bond donors (Lipinski definition) is 2. The number of rotatable bonds is 6. The summed E-state index contributed by atoms with van der Waals surface area (Å²) in [6, 6.07) is 10.3. The minimum Gasteiger partial charge on any atom is -0.354 e. The second-order valence-electron chi connectivity index (χ2n) is 6.42. The monoisotopic (exact) mass is 287 g/mol. The van der Waals surface area contributed by atoms with Crippen LogP contribution in [0, 0.1) is 5.92 Å². The number of benzene rings is 1. The predicted octanol–water partition coefficient (Wildman–Crippen LogP) is 1.16. The molecular formula is C17H25N3O. The number of nitrogens with one attached hydrogen (secondary N) is 1. The van der Waals surface area contributed by atoms with Crippen LogP contribution in [-0.4, -0.2) is 42.5 Å². The molecule has 1 aliphatic heterocycles. The first-order valence-corrected chi connectivity index (χ1v) is 8.03. The van der Waals surface area contributed by atoms with Crippen LogP contribution in [0.15, 0.2) is 30.3 Å². The second-order valence-corrected chi connectivity index (χ2v) is 6.42. The SMILES string of the molecule is N[C@@H](Cc1ccccc1)C(=O)NCC1CCN(C2CC2)C1. The van der Waals surface area contributed by atoms with Crippen molar-refractivity contribution in [3.8, 4) is 0 Å². The van der Waals surface area contributed by atoms with E-state index in [4.69, 9.17) is 5.73 Å². The highest BCUT2D eigenvalue weighted by Crippen LogP contribution is 2.31. The molecule has 1 heterocycles. The highest BCUT2D eigenvalue weighted by molar-refractivity contribution is 5.81. The number of hydrogen-bond acceptors (Lipinski definition) is 3. The molecule has 4 nitrogen and oxygen atoms in total. The van der Waals surface area contributed by atoms with E-state index in [-0.39, 0.29) is 5.91 Å². The number of carbonyl (C=O) groups excluding carboxylic acids is 1. The maximum atomic E-state index is 12.1. The fourth-order valence-corrected chi connectivity index (χ4v) is 3.14. The van der Waals surface area contributed by atoms with Crippen LogP contribution in [0.4, 0.5) is 0 Å². The minimum absolute atomic E-state index is 0.0243. The van der Waals surface area contributed by atoms with Gasteiger partial charge in [0.25, 0.3) is 0 Å². The number of nitrogens with two attached hydrogens (primary N) is 1. The molecule has 1 unspecified atom stereocenters. The van der Waals surface area contributed by atoms with E-state index in [2.05, 4.69) is 10.2 Å². The molecule has 4 heteroatoms. The number of amides is 1. The highest BCUT2D eigenvalue weighted by Gasteiger charge is 2.34. The van der Waals surface area contributed by atoms with Crippen LogP contribution in [0.3, 0.4) is 0 Å². The molecule has 0 bridgehead atoms. The highest BCUT2D eigenvalue weighted by atomic mass is 16.2. The fourth-order valence-electron chi connectivity index (χ4n) is 3.14. The number of likely N-dealkylation sites (tertiary alicyclic amines) is 1. The van der Waals surface area contributed by atoms with Crippen LogP contribution in [0.5, 0.6) is 0 Å².